The summed E-state index contributed by atoms with van der Waals surface area (Å²) in [6.07, 6.45) is -0.265. The van der Waals surface area contributed by atoms with Crippen LogP contribution in [0.4, 0.5) is 5.69 Å². The third kappa shape index (κ3) is 4.35. The first-order chi connectivity index (χ1) is 14.8. The summed E-state index contributed by atoms with van der Waals surface area (Å²) in [5.74, 6) is -1.37. The molecule has 1 N–H and O–H groups in total. The predicted molar refractivity (Wildman–Crippen MR) is 112 cm³/mol. The number of rotatable bonds is 5. The van der Waals surface area contributed by atoms with Gasteiger partial charge in [-0.05, 0) is 48.9 Å². The van der Waals surface area contributed by atoms with Crippen molar-refractivity contribution in [1.29, 1.82) is 0 Å². The summed E-state index contributed by atoms with van der Waals surface area (Å²) in [6.45, 7) is 3.03. The molecule has 31 heavy (non-hydrogen) atoms. The first kappa shape index (κ1) is 21.8. The third-order valence-electron chi connectivity index (χ3n) is 4.92. The lowest BCUT2D eigenvalue weighted by Crippen LogP contribution is -2.54. The van der Waals surface area contributed by atoms with Crippen LogP contribution in [0.2, 0.25) is 0 Å². The van der Waals surface area contributed by atoms with Crippen molar-refractivity contribution in [3.05, 3.63) is 53.6 Å². The van der Waals surface area contributed by atoms with Crippen LogP contribution in [-0.4, -0.2) is 48.9 Å². The van der Waals surface area contributed by atoms with Crippen molar-refractivity contribution in [2.45, 2.75) is 26.3 Å². The van der Waals surface area contributed by atoms with Gasteiger partial charge in [-0.15, -0.1) is 0 Å². The fourth-order valence-corrected chi connectivity index (χ4v) is 3.34. The standard InChI is InChI=1S/C22H23N3O6/c1-13-5-10-19(31-4)17(11-13)24-20(27)12-18(22(24)29)25(14(2)26)23-21(28)15-6-8-16(30-3)9-7-15/h5-11,18H,12H2,1-4H3,(H,23,28). The summed E-state index contributed by atoms with van der Waals surface area (Å²) in [5.41, 5.74) is 3.84. The van der Waals surface area contributed by atoms with Gasteiger partial charge in [-0.25, -0.2) is 9.91 Å². The fraction of sp³-hybridized carbons (Fsp3) is 0.273. The molecule has 0 aromatic heterocycles. The first-order valence-electron chi connectivity index (χ1n) is 9.53. The van der Waals surface area contributed by atoms with E-state index in [-0.39, 0.29) is 12.0 Å². The lowest BCUT2D eigenvalue weighted by atomic mass is 10.2. The molecule has 1 atom stereocenters. The van der Waals surface area contributed by atoms with Gasteiger partial charge in [-0.1, -0.05) is 6.07 Å². The highest BCUT2D eigenvalue weighted by Gasteiger charge is 2.45. The maximum absolute atomic E-state index is 13.1. The van der Waals surface area contributed by atoms with E-state index in [2.05, 4.69) is 5.43 Å². The van der Waals surface area contributed by atoms with Gasteiger partial charge >= 0.3 is 0 Å². The van der Waals surface area contributed by atoms with E-state index >= 15 is 0 Å². The van der Waals surface area contributed by atoms with Crippen LogP contribution in [0.3, 0.4) is 0 Å². The zero-order chi connectivity index (χ0) is 22.7. The second-order valence-electron chi connectivity index (χ2n) is 7.02. The zero-order valence-corrected chi connectivity index (χ0v) is 17.7. The summed E-state index contributed by atoms with van der Waals surface area (Å²) in [7, 11) is 2.94. The summed E-state index contributed by atoms with van der Waals surface area (Å²) >= 11 is 0. The Kier molecular flexibility index (Phi) is 6.24. The van der Waals surface area contributed by atoms with E-state index in [1.54, 1.807) is 30.3 Å². The van der Waals surface area contributed by atoms with Crippen LogP contribution in [-0.2, 0) is 14.4 Å². The number of nitrogens with one attached hydrogen (secondary N) is 1. The van der Waals surface area contributed by atoms with E-state index < -0.39 is 29.7 Å². The highest BCUT2D eigenvalue weighted by molar-refractivity contribution is 6.23. The molecular formula is C22H23N3O6. The number of hydrazine groups is 1. The summed E-state index contributed by atoms with van der Waals surface area (Å²) in [6, 6.07) is 10.2. The molecule has 2 aromatic rings. The van der Waals surface area contributed by atoms with Gasteiger partial charge in [0.2, 0.25) is 11.8 Å². The number of anilines is 1. The third-order valence-corrected chi connectivity index (χ3v) is 4.92. The first-order valence-corrected chi connectivity index (χ1v) is 9.53. The second kappa shape index (κ2) is 8.86. The fourth-order valence-electron chi connectivity index (χ4n) is 3.34. The molecule has 4 amide bonds. The molecule has 9 heteroatoms. The summed E-state index contributed by atoms with van der Waals surface area (Å²) in [4.78, 5) is 51.7. The van der Waals surface area contributed by atoms with Crippen LogP contribution in [0.5, 0.6) is 11.5 Å². The highest BCUT2D eigenvalue weighted by atomic mass is 16.5. The lowest BCUT2D eigenvalue weighted by Gasteiger charge is -2.27. The molecule has 1 unspecified atom stereocenters. The maximum Gasteiger partial charge on any atom is 0.269 e. The molecule has 1 aliphatic heterocycles. The van der Waals surface area contributed by atoms with E-state index in [1.807, 2.05) is 6.92 Å². The molecule has 162 valence electrons. The average molecular weight is 425 g/mol. The molecule has 0 aliphatic carbocycles. The minimum absolute atomic E-state index is 0.265. The summed E-state index contributed by atoms with van der Waals surface area (Å²) < 4.78 is 10.3. The van der Waals surface area contributed by atoms with Crippen molar-refractivity contribution in [2.75, 3.05) is 19.1 Å². The Morgan fingerprint density at radius 2 is 1.74 bits per heavy atom. The zero-order valence-electron chi connectivity index (χ0n) is 17.7. The number of aryl methyl sites for hydroxylation is 1. The van der Waals surface area contributed by atoms with Gasteiger partial charge < -0.3 is 9.47 Å². The predicted octanol–water partition coefficient (Wildman–Crippen LogP) is 1.84. The van der Waals surface area contributed by atoms with Gasteiger partial charge in [-0.3, -0.25) is 24.6 Å². The monoisotopic (exact) mass is 425 g/mol. The number of carbonyl (C=O) groups excluding carboxylic acids is 4. The van der Waals surface area contributed by atoms with Crippen molar-refractivity contribution < 1.29 is 28.7 Å². The molecule has 9 nitrogen and oxygen atoms in total. The van der Waals surface area contributed by atoms with E-state index in [9.17, 15) is 19.2 Å². The SMILES string of the molecule is COc1ccc(C(=O)NN(C(C)=O)C2CC(=O)N(c3cc(C)ccc3OC)C2=O)cc1. The highest BCUT2D eigenvalue weighted by Crippen LogP contribution is 2.34. The topological polar surface area (TPSA) is 105 Å². The number of nitrogens with zero attached hydrogens (tertiary/aromatic N) is 2. The Morgan fingerprint density at radius 3 is 2.32 bits per heavy atom. The smallest absolute Gasteiger partial charge is 0.269 e. The molecule has 0 radical (unpaired) electrons. The quantitative estimate of drug-likeness (QED) is 0.579. The number of benzene rings is 2. The van der Waals surface area contributed by atoms with Crippen molar-refractivity contribution in [1.82, 2.24) is 10.4 Å². The molecule has 0 bridgehead atoms. The Hall–Kier alpha value is -3.88. The molecule has 1 saturated heterocycles. The van der Waals surface area contributed by atoms with Gasteiger partial charge in [0.15, 0.2) is 0 Å². The van der Waals surface area contributed by atoms with Crippen LogP contribution in [0.1, 0.15) is 29.3 Å². The van der Waals surface area contributed by atoms with Crippen molar-refractivity contribution in [2.24, 2.45) is 0 Å². The van der Waals surface area contributed by atoms with Crippen LogP contribution in [0, 0.1) is 6.92 Å². The molecule has 1 aliphatic rings. The van der Waals surface area contributed by atoms with Crippen LogP contribution in [0.25, 0.3) is 0 Å². The number of methoxy groups -OCH3 is 2. The minimum Gasteiger partial charge on any atom is -0.497 e. The molecule has 1 heterocycles. The van der Waals surface area contributed by atoms with E-state index in [0.29, 0.717) is 17.2 Å². The van der Waals surface area contributed by atoms with Crippen molar-refractivity contribution in [3.8, 4) is 11.5 Å². The Bertz CT molecular complexity index is 1030. The molecule has 3 rings (SSSR count). The lowest BCUT2D eigenvalue weighted by molar-refractivity contribution is -0.139. The van der Waals surface area contributed by atoms with E-state index in [1.165, 1.54) is 33.3 Å². The number of ether oxygens (including phenoxy) is 2. The van der Waals surface area contributed by atoms with Gasteiger partial charge in [0.05, 0.1) is 26.3 Å². The van der Waals surface area contributed by atoms with Crippen molar-refractivity contribution >= 4 is 29.3 Å². The molecule has 0 saturated carbocycles. The van der Waals surface area contributed by atoms with Crippen LogP contribution < -0.4 is 19.8 Å². The second-order valence-corrected chi connectivity index (χ2v) is 7.02. The molecule has 2 aromatic carbocycles. The van der Waals surface area contributed by atoms with Gasteiger partial charge in [0, 0.05) is 12.5 Å². The number of amides is 4. The van der Waals surface area contributed by atoms with E-state index in [4.69, 9.17) is 9.47 Å². The molecule has 0 spiro atoms. The van der Waals surface area contributed by atoms with Crippen molar-refractivity contribution in [3.63, 3.8) is 0 Å². The molecule has 1 fully saturated rings. The normalized spacial score (nSPS) is 15.6. The number of hydrogen-bond acceptors (Lipinski definition) is 6. The van der Waals surface area contributed by atoms with Gasteiger partial charge in [0.25, 0.3) is 11.8 Å². The van der Waals surface area contributed by atoms with Crippen LogP contribution >= 0.6 is 0 Å². The Morgan fingerprint density at radius 1 is 1.06 bits per heavy atom. The summed E-state index contributed by atoms with van der Waals surface area (Å²) in [5, 5.41) is 0.898. The van der Waals surface area contributed by atoms with Gasteiger partial charge in [-0.2, -0.15) is 0 Å². The Labute approximate surface area is 179 Å². The number of hydrogen-bond donors (Lipinski definition) is 1. The Balaban J connectivity index is 1.86. The molecular weight excluding hydrogens is 402 g/mol. The minimum atomic E-state index is -1.17. The number of carbonyl (C=O) groups is 4. The van der Waals surface area contributed by atoms with Crippen LogP contribution in [0.15, 0.2) is 42.5 Å². The number of imide groups is 1. The maximum atomic E-state index is 13.1. The largest absolute Gasteiger partial charge is 0.497 e. The van der Waals surface area contributed by atoms with E-state index in [0.717, 1.165) is 15.5 Å². The van der Waals surface area contributed by atoms with Gasteiger partial charge in [0.1, 0.15) is 17.5 Å². The average Bonchev–Trinajstić information content (AvgIpc) is 3.05.